The molecule has 0 atom stereocenters. The Morgan fingerprint density at radius 2 is 1.55 bits per heavy atom. The van der Waals surface area contributed by atoms with Crippen LogP contribution >= 0.6 is 0 Å². The van der Waals surface area contributed by atoms with Gasteiger partial charge < -0.3 is 10.6 Å². The Morgan fingerprint density at radius 1 is 0.909 bits per heavy atom. The number of carbonyl (C=O) groups excluding carboxylic acids is 1. The molecule has 0 unspecified atom stereocenters. The quantitative estimate of drug-likeness (QED) is 0.825. The van der Waals surface area contributed by atoms with Crippen LogP contribution in [0.25, 0.3) is 0 Å². The van der Waals surface area contributed by atoms with E-state index in [1.807, 2.05) is 42.5 Å². The van der Waals surface area contributed by atoms with Gasteiger partial charge in [0.25, 0.3) is 5.91 Å². The summed E-state index contributed by atoms with van der Waals surface area (Å²) >= 11 is 0. The second kappa shape index (κ2) is 7.12. The molecule has 3 heteroatoms. The van der Waals surface area contributed by atoms with E-state index in [2.05, 4.69) is 44.4 Å². The molecule has 2 aromatic carbocycles. The molecule has 0 aliphatic heterocycles. The van der Waals surface area contributed by atoms with Crippen LogP contribution in [0.2, 0.25) is 0 Å². The number of hydrogen-bond acceptors (Lipinski definition) is 2. The normalized spacial score (nSPS) is 10.8. The van der Waals surface area contributed by atoms with E-state index >= 15 is 0 Å². The van der Waals surface area contributed by atoms with E-state index in [4.69, 9.17) is 0 Å². The van der Waals surface area contributed by atoms with Gasteiger partial charge in [-0.15, -0.1) is 0 Å². The third kappa shape index (κ3) is 4.35. The summed E-state index contributed by atoms with van der Waals surface area (Å²) < 4.78 is 0. The van der Waals surface area contributed by atoms with Gasteiger partial charge in [-0.05, 0) is 55.7 Å². The molecule has 116 valence electrons. The van der Waals surface area contributed by atoms with Crippen LogP contribution in [0.5, 0.6) is 0 Å². The minimum absolute atomic E-state index is 0.0861. The van der Waals surface area contributed by atoms with Crippen molar-refractivity contribution in [2.24, 2.45) is 0 Å². The molecule has 0 spiro atoms. The van der Waals surface area contributed by atoms with Crippen molar-refractivity contribution >= 4 is 17.3 Å². The Morgan fingerprint density at radius 3 is 2.14 bits per heavy atom. The van der Waals surface area contributed by atoms with Gasteiger partial charge >= 0.3 is 0 Å². The van der Waals surface area contributed by atoms with Crippen LogP contribution in [0.1, 0.15) is 49.5 Å². The van der Waals surface area contributed by atoms with Crippen molar-refractivity contribution in [2.75, 3.05) is 10.6 Å². The first kappa shape index (κ1) is 16.1. The van der Waals surface area contributed by atoms with Crippen LogP contribution < -0.4 is 10.6 Å². The Hall–Kier alpha value is -2.29. The predicted molar refractivity (Wildman–Crippen MR) is 93.7 cm³/mol. The summed E-state index contributed by atoms with van der Waals surface area (Å²) in [6, 6.07) is 15.8. The zero-order chi connectivity index (χ0) is 16.1. The van der Waals surface area contributed by atoms with Gasteiger partial charge in [0.05, 0.1) is 0 Å². The first-order chi connectivity index (χ1) is 10.5. The Balaban J connectivity index is 2.25. The van der Waals surface area contributed by atoms with Crippen molar-refractivity contribution in [3.05, 3.63) is 59.7 Å². The van der Waals surface area contributed by atoms with E-state index in [0.717, 1.165) is 11.4 Å². The summed E-state index contributed by atoms with van der Waals surface area (Å²) in [7, 11) is 0. The van der Waals surface area contributed by atoms with Crippen molar-refractivity contribution in [3.63, 3.8) is 0 Å². The van der Waals surface area contributed by atoms with Gasteiger partial charge in [0.15, 0.2) is 0 Å². The molecule has 0 aromatic heterocycles. The number of benzene rings is 2. The Labute approximate surface area is 132 Å². The maximum absolute atomic E-state index is 12.3. The van der Waals surface area contributed by atoms with E-state index in [0.29, 0.717) is 17.5 Å². The number of carbonyl (C=O) groups is 1. The lowest BCUT2D eigenvalue weighted by Crippen LogP contribution is -2.14. The lowest BCUT2D eigenvalue weighted by molar-refractivity contribution is 0.102. The SMILES string of the molecule is CC(C)Nc1cc(NC(=O)c2ccccc2)cc(C(C)C)c1. The molecule has 2 rings (SSSR count). The van der Waals surface area contributed by atoms with E-state index in [-0.39, 0.29) is 5.91 Å². The van der Waals surface area contributed by atoms with Gasteiger partial charge in [-0.1, -0.05) is 32.0 Å². The Kier molecular flexibility index (Phi) is 5.21. The lowest BCUT2D eigenvalue weighted by Gasteiger charge is -2.16. The fourth-order valence-electron chi connectivity index (χ4n) is 2.27. The molecule has 22 heavy (non-hydrogen) atoms. The highest BCUT2D eigenvalue weighted by molar-refractivity contribution is 6.04. The van der Waals surface area contributed by atoms with Crippen molar-refractivity contribution < 1.29 is 4.79 Å². The van der Waals surface area contributed by atoms with E-state index < -0.39 is 0 Å². The first-order valence-electron chi connectivity index (χ1n) is 7.73. The fraction of sp³-hybridized carbons (Fsp3) is 0.316. The Bertz CT molecular complexity index is 633. The summed E-state index contributed by atoms with van der Waals surface area (Å²) in [5.41, 5.74) is 3.72. The fourth-order valence-corrected chi connectivity index (χ4v) is 2.27. The van der Waals surface area contributed by atoms with Crippen molar-refractivity contribution in [3.8, 4) is 0 Å². The van der Waals surface area contributed by atoms with E-state index in [9.17, 15) is 4.79 Å². The van der Waals surface area contributed by atoms with Crippen LogP contribution in [0, 0.1) is 0 Å². The predicted octanol–water partition coefficient (Wildman–Crippen LogP) is 4.88. The average molecular weight is 296 g/mol. The minimum Gasteiger partial charge on any atom is -0.383 e. The van der Waals surface area contributed by atoms with Crippen LogP contribution in [0.3, 0.4) is 0 Å². The second-order valence-corrected chi connectivity index (χ2v) is 6.12. The average Bonchev–Trinajstić information content (AvgIpc) is 2.47. The summed E-state index contributed by atoms with van der Waals surface area (Å²) in [4.78, 5) is 12.3. The smallest absolute Gasteiger partial charge is 0.255 e. The molecule has 2 N–H and O–H groups in total. The van der Waals surface area contributed by atoms with E-state index in [1.165, 1.54) is 5.56 Å². The van der Waals surface area contributed by atoms with Crippen molar-refractivity contribution in [1.82, 2.24) is 0 Å². The monoisotopic (exact) mass is 296 g/mol. The second-order valence-electron chi connectivity index (χ2n) is 6.12. The molecule has 0 saturated carbocycles. The zero-order valence-corrected chi connectivity index (χ0v) is 13.7. The molecule has 0 aliphatic rings. The summed E-state index contributed by atoms with van der Waals surface area (Å²) in [5, 5.41) is 6.39. The maximum Gasteiger partial charge on any atom is 0.255 e. The number of nitrogens with one attached hydrogen (secondary N) is 2. The molecule has 0 heterocycles. The zero-order valence-electron chi connectivity index (χ0n) is 13.7. The number of amides is 1. The molecular formula is C19H24N2O. The molecular weight excluding hydrogens is 272 g/mol. The lowest BCUT2D eigenvalue weighted by atomic mass is 10.0. The molecule has 2 aromatic rings. The standard InChI is InChI=1S/C19H24N2O/c1-13(2)16-10-17(20-14(3)4)12-18(11-16)21-19(22)15-8-6-5-7-9-15/h5-14,20H,1-4H3,(H,21,22). The minimum atomic E-state index is -0.0861. The van der Waals surface area contributed by atoms with Crippen molar-refractivity contribution in [2.45, 2.75) is 39.7 Å². The molecule has 3 nitrogen and oxygen atoms in total. The van der Waals surface area contributed by atoms with Gasteiger partial charge in [-0.3, -0.25) is 4.79 Å². The van der Waals surface area contributed by atoms with Crippen LogP contribution in [0.15, 0.2) is 48.5 Å². The molecule has 1 amide bonds. The van der Waals surface area contributed by atoms with Gasteiger partial charge in [0, 0.05) is 23.0 Å². The van der Waals surface area contributed by atoms with Gasteiger partial charge in [-0.2, -0.15) is 0 Å². The number of anilines is 2. The highest BCUT2D eigenvalue weighted by atomic mass is 16.1. The highest BCUT2D eigenvalue weighted by Gasteiger charge is 2.09. The third-order valence-electron chi connectivity index (χ3n) is 3.37. The van der Waals surface area contributed by atoms with Crippen molar-refractivity contribution in [1.29, 1.82) is 0 Å². The maximum atomic E-state index is 12.3. The summed E-state index contributed by atoms with van der Waals surface area (Å²) in [6.07, 6.45) is 0. The van der Waals surface area contributed by atoms with E-state index in [1.54, 1.807) is 0 Å². The number of rotatable bonds is 5. The van der Waals surface area contributed by atoms with Gasteiger partial charge in [0.2, 0.25) is 0 Å². The van der Waals surface area contributed by atoms with Crippen LogP contribution in [0.4, 0.5) is 11.4 Å². The highest BCUT2D eigenvalue weighted by Crippen LogP contribution is 2.25. The van der Waals surface area contributed by atoms with Gasteiger partial charge in [0.1, 0.15) is 0 Å². The van der Waals surface area contributed by atoms with Crippen LogP contribution in [-0.4, -0.2) is 11.9 Å². The summed E-state index contributed by atoms with van der Waals surface area (Å²) in [6.45, 7) is 8.50. The van der Waals surface area contributed by atoms with Crippen LogP contribution in [-0.2, 0) is 0 Å². The summed E-state index contributed by atoms with van der Waals surface area (Å²) in [5.74, 6) is 0.318. The third-order valence-corrected chi connectivity index (χ3v) is 3.37. The molecule has 0 saturated heterocycles. The molecule has 0 radical (unpaired) electrons. The number of hydrogen-bond donors (Lipinski definition) is 2. The van der Waals surface area contributed by atoms with Gasteiger partial charge in [-0.25, -0.2) is 0 Å². The largest absolute Gasteiger partial charge is 0.383 e. The molecule has 0 aliphatic carbocycles. The topological polar surface area (TPSA) is 41.1 Å². The molecule has 0 bridgehead atoms. The molecule has 0 fully saturated rings. The first-order valence-corrected chi connectivity index (χ1v) is 7.73.